The summed E-state index contributed by atoms with van der Waals surface area (Å²) in [5.74, 6) is -0.186. The largest absolute Gasteiger partial charge is 0.336 e. The monoisotopic (exact) mass is 220 g/mol. The molecule has 2 unspecified atom stereocenters. The van der Waals surface area contributed by atoms with Gasteiger partial charge in [-0.3, -0.25) is 4.79 Å². The van der Waals surface area contributed by atoms with Crippen LogP contribution >= 0.6 is 0 Å². The van der Waals surface area contributed by atoms with Crippen LogP contribution < -0.4 is 10.6 Å². The Bertz CT molecular complexity index is 235. The number of rotatable bonds is 6. The van der Waals surface area contributed by atoms with Crippen molar-refractivity contribution in [1.29, 1.82) is 0 Å². The second-order valence-corrected chi connectivity index (χ2v) is 4.40. The highest BCUT2D eigenvalue weighted by atomic mass is 32.2. The molecule has 5 nitrogen and oxygen atoms in total. The SMILES string of the molecule is CCCCCN[C@@H]1C(=O)NC1S(=O)O. The van der Waals surface area contributed by atoms with Gasteiger partial charge >= 0.3 is 0 Å². The maximum atomic E-state index is 11.0. The van der Waals surface area contributed by atoms with Gasteiger partial charge in [-0.2, -0.15) is 0 Å². The highest BCUT2D eigenvalue weighted by Crippen LogP contribution is 2.09. The topological polar surface area (TPSA) is 78.4 Å². The molecule has 1 aliphatic heterocycles. The van der Waals surface area contributed by atoms with Gasteiger partial charge < -0.3 is 15.2 Å². The average Bonchev–Trinajstić information content (AvgIpc) is 2.13. The molecule has 0 aromatic rings. The summed E-state index contributed by atoms with van der Waals surface area (Å²) < 4.78 is 19.5. The maximum absolute atomic E-state index is 11.0. The van der Waals surface area contributed by atoms with E-state index in [9.17, 15) is 9.00 Å². The molecule has 0 aliphatic carbocycles. The molecule has 82 valence electrons. The summed E-state index contributed by atoms with van der Waals surface area (Å²) in [5.41, 5.74) is 0. The second-order valence-electron chi connectivity index (χ2n) is 3.34. The van der Waals surface area contributed by atoms with E-state index in [0.29, 0.717) is 0 Å². The fraction of sp³-hybridized carbons (Fsp3) is 0.875. The molecule has 1 aliphatic rings. The normalized spacial score (nSPS) is 28.0. The fourth-order valence-electron chi connectivity index (χ4n) is 1.35. The van der Waals surface area contributed by atoms with Gasteiger partial charge in [0.1, 0.15) is 6.04 Å². The van der Waals surface area contributed by atoms with E-state index in [4.69, 9.17) is 4.55 Å². The molecule has 14 heavy (non-hydrogen) atoms. The summed E-state index contributed by atoms with van der Waals surface area (Å²) in [6.07, 6.45) is 3.22. The van der Waals surface area contributed by atoms with Gasteiger partial charge in [-0.25, -0.2) is 4.21 Å². The lowest BCUT2D eigenvalue weighted by molar-refractivity contribution is -0.129. The van der Waals surface area contributed by atoms with Crippen molar-refractivity contribution in [3.63, 3.8) is 0 Å². The molecule has 1 rings (SSSR count). The van der Waals surface area contributed by atoms with Crippen molar-refractivity contribution in [2.45, 2.75) is 37.6 Å². The molecule has 0 radical (unpaired) electrons. The minimum absolute atomic E-state index is 0.186. The van der Waals surface area contributed by atoms with Crippen molar-refractivity contribution >= 4 is 17.0 Å². The van der Waals surface area contributed by atoms with Gasteiger partial charge in [0.25, 0.3) is 0 Å². The first-order chi connectivity index (χ1) is 6.66. The Kier molecular flexibility index (Phi) is 4.50. The van der Waals surface area contributed by atoms with Gasteiger partial charge in [-0.05, 0) is 13.0 Å². The number of amides is 1. The van der Waals surface area contributed by atoms with Crippen molar-refractivity contribution in [1.82, 2.24) is 10.6 Å². The number of unbranched alkanes of at least 4 members (excludes halogenated alkanes) is 2. The first-order valence-electron chi connectivity index (χ1n) is 4.80. The predicted molar refractivity (Wildman–Crippen MR) is 54.0 cm³/mol. The summed E-state index contributed by atoms with van der Waals surface area (Å²) in [7, 11) is 0. The van der Waals surface area contributed by atoms with Crippen molar-refractivity contribution in [3.05, 3.63) is 0 Å². The van der Waals surface area contributed by atoms with E-state index in [1.807, 2.05) is 0 Å². The van der Waals surface area contributed by atoms with Crippen LogP contribution in [0.3, 0.4) is 0 Å². The molecular weight excluding hydrogens is 204 g/mol. The van der Waals surface area contributed by atoms with Crippen molar-refractivity contribution in [2.75, 3.05) is 6.54 Å². The summed E-state index contributed by atoms with van der Waals surface area (Å²) in [4.78, 5) is 11.0. The molecule has 0 bridgehead atoms. The van der Waals surface area contributed by atoms with Gasteiger partial charge in [0.15, 0.2) is 16.5 Å². The first-order valence-corrected chi connectivity index (χ1v) is 5.97. The standard InChI is InChI=1S/C8H16N2O3S/c1-2-3-4-5-9-6-7(11)10-8(6)14(12)13/h6,8-9H,2-5H2,1H3,(H,10,11)(H,12,13)/t6-,8?/m1/s1. The van der Waals surface area contributed by atoms with Crippen molar-refractivity contribution in [2.24, 2.45) is 0 Å². The summed E-state index contributed by atoms with van der Waals surface area (Å²) in [6.45, 7) is 2.82. The van der Waals surface area contributed by atoms with Crippen LogP contribution in [0.15, 0.2) is 0 Å². The molecule has 0 aromatic carbocycles. The Labute approximate surface area is 85.9 Å². The third-order valence-electron chi connectivity index (χ3n) is 2.23. The Morgan fingerprint density at radius 1 is 1.57 bits per heavy atom. The average molecular weight is 220 g/mol. The molecule has 1 fully saturated rings. The highest BCUT2D eigenvalue weighted by molar-refractivity contribution is 7.80. The lowest BCUT2D eigenvalue weighted by Crippen LogP contribution is -2.69. The second kappa shape index (κ2) is 5.43. The number of carbonyl (C=O) groups is 1. The minimum Gasteiger partial charge on any atom is -0.336 e. The zero-order valence-electron chi connectivity index (χ0n) is 8.16. The molecule has 3 N–H and O–H groups in total. The van der Waals surface area contributed by atoms with E-state index in [-0.39, 0.29) is 5.91 Å². The molecule has 0 spiro atoms. The number of carbonyl (C=O) groups excluding carboxylic acids is 1. The summed E-state index contributed by atoms with van der Waals surface area (Å²) in [6, 6.07) is -0.488. The Balaban J connectivity index is 2.22. The zero-order valence-corrected chi connectivity index (χ0v) is 8.97. The smallest absolute Gasteiger partial charge is 0.241 e. The van der Waals surface area contributed by atoms with Gasteiger partial charge in [0.05, 0.1) is 0 Å². The molecule has 1 amide bonds. The quantitative estimate of drug-likeness (QED) is 0.329. The van der Waals surface area contributed by atoms with Crippen LogP contribution in [-0.2, 0) is 15.9 Å². The Hall–Kier alpha value is -0.460. The molecule has 6 heteroatoms. The van der Waals surface area contributed by atoms with Crippen LogP contribution in [-0.4, -0.2) is 32.6 Å². The van der Waals surface area contributed by atoms with E-state index < -0.39 is 22.5 Å². The Morgan fingerprint density at radius 3 is 2.79 bits per heavy atom. The van der Waals surface area contributed by atoms with Gasteiger partial charge in [0, 0.05) is 0 Å². The zero-order chi connectivity index (χ0) is 10.6. The van der Waals surface area contributed by atoms with Crippen molar-refractivity contribution < 1.29 is 13.6 Å². The predicted octanol–water partition coefficient (Wildman–Crippen LogP) is -0.188. The lowest BCUT2D eigenvalue weighted by Gasteiger charge is -2.34. The molecule has 1 saturated heterocycles. The van der Waals surface area contributed by atoms with Crippen LogP contribution in [0.25, 0.3) is 0 Å². The summed E-state index contributed by atoms with van der Waals surface area (Å²) in [5, 5.41) is 4.72. The molecular formula is C8H16N2O3S. The van der Waals surface area contributed by atoms with E-state index in [1.165, 1.54) is 0 Å². The third kappa shape index (κ3) is 2.76. The van der Waals surface area contributed by atoms with Gasteiger partial charge in [-0.1, -0.05) is 19.8 Å². The van der Waals surface area contributed by atoms with E-state index in [2.05, 4.69) is 17.6 Å². The first kappa shape index (κ1) is 11.6. The molecule has 0 saturated carbocycles. The van der Waals surface area contributed by atoms with Crippen LogP contribution in [0.1, 0.15) is 26.2 Å². The maximum Gasteiger partial charge on any atom is 0.241 e. The number of hydrogen-bond donors (Lipinski definition) is 3. The number of hydrogen-bond acceptors (Lipinski definition) is 3. The fourth-order valence-corrected chi connectivity index (χ4v) is 2.02. The van der Waals surface area contributed by atoms with Gasteiger partial charge in [-0.15, -0.1) is 0 Å². The van der Waals surface area contributed by atoms with Gasteiger partial charge in [0.2, 0.25) is 5.91 Å². The molecule has 3 atom stereocenters. The Morgan fingerprint density at radius 2 is 2.29 bits per heavy atom. The van der Waals surface area contributed by atoms with Crippen LogP contribution in [0.5, 0.6) is 0 Å². The van der Waals surface area contributed by atoms with E-state index in [0.717, 1.165) is 25.8 Å². The highest BCUT2D eigenvalue weighted by Gasteiger charge is 2.42. The van der Waals surface area contributed by atoms with E-state index >= 15 is 0 Å². The lowest BCUT2D eigenvalue weighted by atomic mass is 10.1. The van der Waals surface area contributed by atoms with Crippen LogP contribution in [0, 0.1) is 0 Å². The minimum atomic E-state index is -1.98. The number of β-lactam (4-membered cyclic amide) rings is 1. The number of nitrogens with one attached hydrogen (secondary N) is 2. The van der Waals surface area contributed by atoms with E-state index in [1.54, 1.807) is 0 Å². The molecule has 0 aromatic heterocycles. The third-order valence-corrected chi connectivity index (χ3v) is 3.06. The van der Waals surface area contributed by atoms with Crippen LogP contribution in [0.4, 0.5) is 0 Å². The van der Waals surface area contributed by atoms with Crippen LogP contribution in [0.2, 0.25) is 0 Å². The molecule has 1 heterocycles. The van der Waals surface area contributed by atoms with Crippen molar-refractivity contribution in [3.8, 4) is 0 Å². The summed E-state index contributed by atoms with van der Waals surface area (Å²) >= 11 is -1.98.